The minimum Gasteiger partial charge on any atom is -0.399 e. The summed E-state index contributed by atoms with van der Waals surface area (Å²) in [5, 5.41) is 0. The van der Waals surface area contributed by atoms with Gasteiger partial charge in [-0.3, -0.25) is 0 Å². The van der Waals surface area contributed by atoms with Crippen molar-refractivity contribution in [2.75, 3.05) is 0 Å². The van der Waals surface area contributed by atoms with Crippen LogP contribution in [0.15, 0.2) is 72.8 Å². The smallest absolute Gasteiger partial charge is 0.399 e. The molecule has 0 radical (unpaired) electrons. The lowest BCUT2D eigenvalue weighted by atomic mass is 9.62. The lowest BCUT2D eigenvalue weighted by Crippen LogP contribution is -2.42. The fraction of sp³-hybridized carbons (Fsp3) is 0.442. The SMILES string of the molecule is CC(C)(C)c1ccc2c(c1)C1(c3cc(C(C)(C)C)ccc3-2)c2cc(C(C)(C)C)ccc2-c2cccc(B3OC(C)(C)C(C)(C)O3)c21. The van der Waals surface area contributed by atoms with Gasteiger partial charge in [-0.2, -0.15) is 0 Å². The van der Waals surface area contributed by atoms with Crippen molar-refractivity contribution in [1.82, 2.24) is 0 Å². The molecule has 1 spiro atoms. The van der Waals surface area contributed by atoms with Gasteiger partial charge in [0.2, 0.25) is 0 Å². The highest BCUT2D eigenvalue weighted by Crippen LogP contribution is 2.63. The van der Waals surface area contributed by atoms with Crippen molar-refractivity contribution in [3.63, 3.8) is 0 Å². The Labute approximate surface area is 278 Å². The lowest BCUT2D eigenvalue weighted by Gasteiger charge is -2.35. The lowest BCUT2D eigenvalue weighted by molar-refractivity contribution is 0.00578. The molecular weight excluding hydrogens is 559 g/mol. The monoisotopic (exact) mass is 610 g/mol. The van der Waals surface area contributed by atoms with Crippen LogP contribution in [0, 0.1) is 0 Å². The van der Waals surface area contributed by atoms with E-state index in [1.165, 1.54) is 61.2 Å². The Morgan fingerprint density at radius 2 is 0.848 bits per heavy atom. The molecule has 1 saturated heterocycles. The van der Waals surface area contributed by atoms with Crippen molar-refractivity contribution in [2.45, 2.75) is 123 Å². The van der Waals surface area contributed by atoms with E-state index in [-0.39, 0.29) is 16.2 Å². The van der Waals surface area contributed by atoms with Gasteiger partial charge in [-0.1, -0.05) is 135 Å². The molecule has 0 unspecified atom stereocenters. The second-order valence-electron chi connectivity index (χ2n) is 18.1. The minimum absolute atomic E-state index is 0.00429. The van der Waals surface area contributed by atoms with Crippen LogP contribution < -0.4 is 5.46 Å². The highest BCUT2D eigenvalue weighted by molar-refractivity contribution is 6.63. The van der Waals surface area contributed by atoms with E-state index in [4.69, 9.17) is 9.31 Å². The molecule has 0 atom stereocenters. The molecule has 0 saturated carbocycles. The van der Waals surface area contributed by atoms with Crippen LogP contribution in [0.4, 0.5) is 0 Å². The van der Waals surface area contributed by atoms with Gasteiger partial charge in [0.25, 0.3) is 0 Å². The number of fused-ring (bicyclic) bond motifs is 10. The van der Waals surface area contributed by atoms with Crippen LogP contribution in [-0.2, 0) is 31.0 Å². The summed E-state index contributed by atoms with van der Waals surface area (Å²) in [4.78, 5) is 0. The first-order valence-electron chi connectivity index (χ1n) is 17.1. The topological polar surface area (TPSA) is 18.5 Å². The first-order valence-corrected chi connectivity index (χ1v) is 17.1. The van der Waals surface area contributed by atoms with Crippen molar-refractivity contribution in [3.05, 3.63) is 112 Å². The molecule has 4 aromatic rings. The predicted molar refractivity (Wildman–Crippen MR) is 195 cm³/mol. The van der Waals surface area contributed by atoms with Crippen LogP contribution in [0.3, 0.4) is 0 Å². The summed E-state index contributed by atoms with van der Waals surface area (Å²) in [7, 11) is -0.475. The zero-order valence-corrected chi connectivity index (χ0v) is 30.3. The minimum atomic E-state index is -0.515. The maximum Gasteiger partial charge on any atom is 0.495 e. The third kappa shape index (κ3) is 4.30. The second-order valence-corrected chi connectivity index (χ2v) is 18.1. The Kier molecular flexibility index (Phi) is 6.49. The second kappa shape index (κ2) is 9.48. The highest BCUT2D eigenvalue weighted by atomic mass is 16.7. The molecule has 4 aromatic carbocycles. The Morgan fingerprint density at radius 3 is 1.22 bits per heavy atom. The van der Waals surface area contributed by atoms with E-state index in [0.29, 0.717) is 0 Å². The molecule has 0 N–H and O–H groups in total. The first kappa shape index (κ1) is 31.5. The zero-order valence-electron chi connectivity index (χ0n) is 30.3. The molecular formula is C43H51BO2. The van der Waals surface area contributed by atoms with E-state index >= 15 is 0 Å². The van der Waals surface area contributed by atoms with Crippen LogP contribution >= 0.6 is 0 Å². The van der Waals surface area contributed by atoms with Crippen molar-refractivity contribution in [3.8, 4) is 22.3 Å². The maximum atomic E-state index is 6.86. The quantitative estimate of drug-likeness (QED) is 0.173. The molecule has 3 aliphatic rings. The van der Waals surface area contributed by atoms with Crippen LogP contribution in [0.1, 0.15) is 129 Å². The number of rotatable bonds is 1. The molecule has 0 amide bonds. The Morgan fingerprint density at radius 1 is 0.478 bits per heavy atom. The van der Waals surface area contributed by atoms with E-state index in [9.17, 15) is 0 Å². The van der Waals surface area contributed by atoms with Crippen molar-refractivity contribution < 1.29 is 9.31 Å². The number of benzene rings is 4. The van der Waals surface area contributed by atoms with Crippen LogP contribution in [0.25, 0.3) is 22.3 Å². The summed E-state index contributed by atoms with van der Waals surface area (Å²) < 4.78 is 13.7. The summed E-state index contributed by atoms with van der Waals surface area (Å²) in [5.74, 6) is 0. The summed E-state index contributed by atoms with van der Waals surface area (Å²) in [6.45, 7) is 29.5. The fourth-order valence-electron chi connectivity index (χ4n) is 7.89. The molecule has 0 bridgehead atoms. The van der Waals surface area contributed by atoms with Gasteiger partial charge < -0.3 is 9.31 Å². The van der Waals surface area contributed by atoms with Crippen LogP contribution in [0.5, 0.6) is 0 Å². The van der Waals surface area contributed by atoms with Crippen LogP contribution in [0.2, 0.25) is 0 Å². The fourth-order valence-corrected chi connectivity index (χ4v) is 7.89. The van der Waals surface area contributed by atoms with Gasteiger partial charge in [-0.15, -0.1) is 0 Å². The summed E-state index contributed by atoms with van der Waals surface area (Å²) >= 11 is 0. The van der Waals surface area contributed by atoms with Crippen molar-refractivity contribution >= 4 is 12.6 Å². The van der Waals surface area contributed by atoms with Gasteiger partial charge in [-0.05, 0) is 111 Å². The molecule has 0 aromatic heterocycles. The molecule has 7 rings (SSSR count). The van der Waals surface area contributed by atoms with Crippen molar-refractivity contribution in [1.29, 1.82) is 0 Å². The van der Waals surface area contributed by atoms with E-state index in [2.05, 4.69) is 163 Å². The number of hydrogen-bond acceptors (Lipinski definition) is 2. The Bertz CT molecular complexity index is 1790. The largest absolute Gasteiger partial charge is 0.495 e. The van der Waals surface area contributed by atoms with Crippen LogP contribution in [-0.4, -0.2) is 18.3 Å². The molecule has 1 aliphatic heterocycles. The molecule has 1 heterocycles. The molecule has 46 heavy (non-hydrogen) atoms. The molecule has 3 heteroatoms. The Balaban J connectivity index is 1.66. The average Bonchev–Trinajstić information content (AvgIpc) is 3.49. The summed E-state index contributed by atoms with van der Waals surface area (Å²) in [6, 6.07) is 28.6. The first-order chi connectivity index (χ1) is 21.2. The van der Waals surface area contributed by atoms with E-state index in [0.717, 1.165) is 5.46 Å². The molecule has 238 valence electrons. The van der Waals surface area contributed by atoms with Gasteiger partial charge in [0.15, 0.2) is 0 Å². The normalized spacial score (nSPS) is 18.8. The van der Waals surface area contributed by atoms with Gasteiger partial charge in [0, 0.05) is 0 Å². The van der Waals surface area contributed by atoms with Gasteiger partial charge >= 0.3 is 7.12 Å². The number of hydrogen-bond donors (Lipinski definition) is 0. The van der Waals surface area contributed by atoms with E-state index in [1.54, 1.807) is 0 Å². The van der Waals surface area contributed by atoms with E-state index in [1.807, 2.05) is 0 Å². The maximum absolute atomic E-state index is 6.86. The Hall–Kier alpha value is -3.14. The van der Waals surface area contributed by atoms with Gasteiger partial charge in [0.1, 0.15) is 0 Å². The third-order valence-corrected chi connectivity index (χ3v) is 11.4. The summed E-state index contributed by atoms with van der Waals surface area (Å²) in [5.41, 5.74) is 14.5. The average molecular weight is 611 g/mol. The highest BCUT2D eigenvalue weighted by Gasteiger charge is 2.58. The predicted octanol–water partition coefficient (Wildman–Crippen LogP) is 10.2. The van der Waals surface area contributed by atoms with Gasteiger partial charge in [0.05, 0.1) is 16.6 Å². The van der Waals surface area contributed by atoms with Crippen molar-refractivity contribution in [2.24, 2.45) is 0 Å². The zero-order chi connectivity index (χ0) is 33.4. The third-order valence-electron chi connectivity index (χ3n) is 11.4. The molecule has 2 aliphatic carbocycles. The van der Waals surface area contributed by atoms with E-state index < -0.39 is 23.7 Å². The standard InChI is InChI=1S/C43H51BO2/c1-38(2,3)26-17-20-29-30-21-18-27(39(4,5)6)24-34(30)43(33(29)23-26)35-25-28(40(7,8)9)19-22-31(35)32-15-14-16-36(37(32)43)44-45-41(10,11)42(12,13)46-44/h14-25H,1-13H3. The summed E-state index contributed by atoms with van der Waals surface area (Å²) in [6.07, 6.45) is 0. The molecule has 2 nitrogen and oxygen atoms in total. The van der Waals surface area contributed by atoms with Gasteiger partial charge in [-0.25, -0.2) is 0 Å². The molecule has 1 fully saturated rings.